The monoisotopic (exact) mass is 568 g/mol. The predicted octanol–water partition coefficient (Wildman–Crippen LogP) is 4.68. The van der Waals surface area contributed by atoms with E-state index in [1.165, 1.54) is 50.4 Å². The second-order valence-electron chi connectivity index (χ2n) is 10.0. The van der Waals surface area contributed by atoms with Crippen LogP contribution in [0.3, 0.4) is 0 Å². The van der Waals surface area contributed by atoms with Crippen LogP contribution in [0.2, 0.25) is 0 Å². The van der Waals surface area contributed by atoms with Crippen molar-refractivity contribution < 1.29 is 18.0 Å². The standard InChI is InChI=1S/C29H36N4O4S2/c1-5-6-17-32(4)39(36,37)23-14-12-22(13-15-23)27(34)30-28-26(29(35)31(2)3)24-16-18-33(20-25(24)38-28)19-21-10-8-7-9-11-21/h7-15H,5-6,16-20H2,1-4H3,(H,30,34). The van der Waals surface area contributed by atoms with E-state index in [0.29, 0.717) is 29.2 Å². The Morgan fingerprint density at radius 2 is 1.72 bits per heavy atom. The second-order valence-corrected chi connectivity index (χ2v) is 13.2. The SMILES string of the molecule is CCCCN(C)S(=O)(=O)c1ccc(C(=O)Nc2sc3c(c2C(=O)N(C)C)CCN(Cc2ccccc2)C3)cc1. The maximum atomic E-state index is 13.2. The Morgan fingerprint density at radius 1 is 1.03 bits per heavy atom. The Balaban J connectivity index is 1.54. The van der Waals surface area contributed by atoms with Crippen molar-refractivity contribution in [1.29, 1.82) is 0 Å². The summed E-state index contributed by atoms with van der Waals surface area (Å²) in [5.41, 5.74) is 3.10. The average molecular weight is 569 g/mol. The molecular formula is C29H36N4O4S2. The van der Waals surface area contributed by atoms with Crippen LogP contribution in [0.25, 0.3) is 0 Å². The molecule has 1 aliphatic rings. The Labute approximate surface area is 235 Å². The van der Waals surface area contributed by atoms with Crippen LogP contribution in [-0.2, 0) is 29.5 Å². The highest BCUT2D eigenvalue weighted by Crippen LogP contribution is 2.38. The summed E-state index contributed by atoms with van der Waals surface area (Å²) >= 11 is 1.44. The van der Waals surface area contributed by atoms with E-state index < -0.39 is 10.0 Å². The molecule has 1 aromatic heterocycles. The lowest BCUT2D eigenvalue weighted by molar-refractivity contribution is 0.0827. The summed E-state index contributed by atoms with van der Waals surface area (Å²) in [4.78, 5) is 31.5. The fourth-order valence-electron chi connectivity index (χ4n) is 4.61. The molecule has 4 rings (SSSR count). The number of thiophene rings is 1. The fraction of sp³-hybridized carbons (Fsp3) is 0.379. The molecule has 3 aromatic rings. The van der Waals surface area contributed by atoms with E-state index in [-0.39, 0.29) is 16.7 Å². The van der Waals surface area contributed by atoms with Gasteiger partial charge in [0, 0.05) is 57.8 Å². The molecule has 2 amide bonds. The van der Waals surface area contributed by atoms with Crippen LogP contribution >= 0.6 is 11.3 Å². The molecular weight excluding hydrogens is 532 g/mol. The molecule has 39 heavy (non-hydrogen) atoms. The largest absolute Gasteiger partial charge is 0.345 e. The van der Waals surface area contributed by atoms with Gasteiger partial charge in [-0.05, 0) is 48.2 Å². The molecule has 1 aliphatic heterocycles. The normalized spacial score (nSPS) is 13.8. The van der Waals surface area contributed by atoms with Gasteiger partial charge in [-0.25, -0.2) is 12.7 Å². The minimum absolute atomic E-state index is 0.143. The molecule has 8 nitrogen and oxygen atoms in total. The highest BCUT2D eigenvalue weighted by molar-refractivity contribution is 7.89. The number of carbonyl (C=O) groups is 2. The van der Waals surface area contributed by atoms with E-state index in [4.69, 9.17) is 0 Å². The number of carbonyl (C=O) groups excluding carboxylic acids is 2. The molecule has 1 N–H and O–H groups in total. The van der Waals surface area contributed by atoms with Crippen LogP contribution in [0.4, 0.5) is 5.00 Å². The van der Waals surface area contributed by atoms with Gasteiger partial charge in [0.05, 0.1) is 10.5 Å². The summed E-state index contributed by atoms with van der Waals surface area (Å²) < 4.78 is 27.0. The highest BCUT2D eigenvalue weighted by Gasteiger charge is 2.30. The quantitative estimate of drug-likeness (QED) is 0.384. The van der Waals surface area contributed by atoms with Gasteiger partial charge in [0.25, 0.3) is 11.8 Å². The smallest absolute Gasteiger partial charge is 0.256 e. The lowest BCUT2D eigenvalue weighted by Gasteiger charge is -2.27. The van der Waals surface area contributed by atoms with Crippen LogP contribution in [0.15, 0.2) is 59.5 Å². The van der Waals surface area contributed by atoms with E-state index in [1.54, 1.807) is 21.1 Å². The number of rotatable bonds is 10. The van der Waals surface area contributed by atoms with Crippen molar-refractivity contribution in [3.63, 3.8) is 0 Å². The van der Waals surface area contributed by atoms with Gasteiger partial charge in [-0.2, -0.15) is 0 Å². The van der Waals surface area contributed by atoms with Gasteiger partial charge in [0.2, 0.25) is 10.0 Å². The molecule has 0 aliphatic carbocycles. The number of fused-ring (bicyclic) bond motifs is 1. The van der Waals surface area contributed by atoms with E-state index in [0.717, 1.165) is 42.8 Å². The topological polar surface area (TPSA) is 90.0 Å². The van der Waals surface area contributed by atoms with Crippen molar-refractivity contribution in [3.05, 3.63) is 81.7 Å². The van der Waals surface area contributed by atoms with Gasteiger partial charge in [-0.15, -0.1) is 11.3 Å². The van der Waals surface area contributed by atoms with Crippen molar-refractivity contribution >= 4 is 38.2 Å². The summed E-state index contributed by atoms with van der Waals surface area (Å²) in [5.74, 6) is -0.526. The van der Waals surface area contributed by atoms with E-state index in [1.807, 2.05) is 25.1 Å². The summed E-state index contributed by atoms with van der Waals surface area (Å²) in [7, 11) is 1.36. The molecule has 10 heteroatoms. The van der Waals surface area contributed by atoms with E-state index >= 15 is 0 Å². The minimum Gasteiger partial charge on any atom is -0.345 e. The molecule has 0 bridgehead atoms. The summed E-state index contributed by atoms with van der Waals surface area (Å²) in [6.07, 6.45) is 2.40. The molecule has 0 saturated heterocycles. The Kier molecular flexibility index (Phi) is 9.22. The fourth-order valence-corrected chi connectivity index (χ4v) is 7.09. The zero-order valence-electron chi connectivity index (χ0n) is 22.9. The van der Waals surface area contributed by atoms with Crippen molar-refractivity contribution in [2.45, 2.75) is 44.2 Å². The number of hydrogen-bond donors (Lipinski definition) is 1. The van der Waals surface area contributed by atoms with Crippen LogP contribution in [-0.4, -0.2) is 68.6 Å². The summed E-state index contributed by atoms with van der Waals surface area (Å²) in [5, 5.41) is 3.48. The van der Waals surface area contributed by atoms with E-state index in [9.17, 15) is 18.0 Å². The van der Waals surface area contributed by atoms with Crippen LogP contribution in [0.5, 0.6) is 0 Å². The second kappa shape index (κ2) is 12.4. The first-order chi connectivity index (χ1) is 18.6. The Hall–Kier alpha value is -3.05. The molecule has 2 heterocycles. The van der Waals surface area contributed by atoms with E-state index in [2.05, 4.69) is 22.3 Å². The Morgan fingerprint density at radius 3 is 2.36 bits per heavy atom. The maximum absolute atomic E-state index is 13.2. The van der Waals surface area contributed by atoms with Crippen molar-refractivity contribution in [1.82, 2.24) is 14.1 Å². The summed E-state index contributed by atoms with van der Waals surface area (Å²) in [6.45, 7) is 4.80. The number of anilines is 1. The molecule has 0 unspecified atom stereocenters. The molecule has 2 aromatic carbocycles. The third kappa shape index (κ3) is 6.58. The zero-order valence-corrected chi connectivity index (χ0v) is 24.6. The number of unbranched alkanes of at least 4 members (excludes halogenated alkanes) is 1. The van der Waals surface area contributed by atoms with Gasteiger partial charge >= 0.3 is 0 Å². The first kappa shape index (κ1) is 28.9. The molecule has 0 atom stereocenters. The molecule has 0 radical (unpaired) electrons. The predicted molar refractivity (Wildman–Crippen MR) is 156 cm³/mol. The number of nitrogens with zero attached hydrogens (tertiary/aromatic N) is 3. The third-order valence-corrected chi connectivity index (χ3v) is 9.89. The number of hydrogen-bond acceptors (Lipinski definition) is 6. The average Bonchev–Trinajstić information content (AvgIpc) is 3.28. The third-order valence-electron chi connectivity index (χ3n) is 6.88. The van der Waals surface area contributed by atoms with Gasteiger partial charge in [0.1, 0.15) is 5.00 Å². The molecule has 0 saturated carbocycles. The van der Waals surface area contributed by atoms with Crippen molar-refractivity contribution in [2.24, 2.45) is 0 Å². The first-order valence-electron chi connectivity index (χ1n) is 13.1. The Bertz CT molecular complexity index is 1420. The molecule has 208 valence electrons. The summed E-state index contributed by atoms with van der Waals surface area (Å²) in [6, 6.07) is 16.2. The van der Waals surface area contributed by atoms with Crippen molar-refractivity contribution in [2.75, 3.05) is 39.5 Å². The highest BCUT2D eigenvalue weighted by atomic mass is 32.2. The van der Waals surface area contributed by atoms with Gasteiger partial charge in [0.15, 0.2) is 0 Å². The number of nitrogens with one attached hydrogen (secondary N) is 1. The number of amides is 2. The lowest BCUT2D eigenvalue weighted by Crippen LogP contribution is -2.31. The molecule has 0 spiro atoms. The zero-order chi connectivity index (χ0) is 28.2. The maximum Gasteiger partial charge on any atom is 0.256 e. The molecule has 0 fully saturated rings. The van der Waals surface area contributed by atoms with Crippen molar-refractivity contribution in [3.8, 4) is 0 Å². The van der Waals surface area contributed by atoms with Gasteiger partial charge < -0.3 is 10.2 Å². The van der Waals surface area contributed by atoms with Crippen LogP contribution in [0.1, 0.15) is 56.5 Å². The number of sulfonamides is 1. The minimum atomic E-state index is -3.62. The first-order valence-corrected chi connectivity index (χ1v) is 15.4. The van der Waals surface area contributed by atoms with Gasteiger partial charge in [-0.1, -0.05) is 43.7 Å². The van der Waals surface area contributed by atoms with Crippen LogP contribution in [0, 0.1) is 0 Å². The van der Waals surface area contributed by atoms with Crippen LogP contribution < -0.4 is 5.32 Å². The lowest BCUT2D eigenvalue weighted by atomic mass is 10.0. The van der Waals surface area contributed by atoms with Gasteiger partial charge in [-0.3, -0.25) is 14.5 Å². The number of benzene rings is 2.